The van der Waals surface area contributed by atoms with Crippen LogP contribution in [0.25, 0.3) is 0 Å². The van der Waals surface area contributed by atoms with E-state index in [4.69, 9.17) is 4.43 Å². The van der Waals surface area contributed by atoms with Crippen molar-refractivity contribution in [2.24, 2.45) is 0 Å². The van der Waals surface area contributed by atoms with Gasteiger partial charge in [-0.1, -0.05) is 13.8 Å². The highest BCUT2D eigenvalue weighted by molar-refractivity contribution is 6.51. The second-order valence-electron chi connectivity index (χ2n) is 1.89. The van der Waals surface area contributed by atoms with E-state index < -0.39 is 9.04 Å². The Morgan fingerprint density at radius 3 is 1.75 bits per heavy atom. The highest BCUT2D eigenvalue weighted by atomic mass is 28.3. The second-order valence-corrected chi connectivity index (χ2v) is 5.10. The van der Waals surface area contributed by atoms with E-state index in [1.807, 2.05) is 0 Å². The van der Waals surface area contributed by atoms with Crippen molar-refractivity contribution in [3.63, 3.8) is 0 Å². The molecule has 0 unspecified atom stereocenters. The lowest BCUT2D eigenvalue weighted by Gasteiger charge is -2.08. The molecule has 0 heterocycles. The Bertz CT molecular complexity index is 43.8. The van der Waals surface area contributed by atoms with Crippen LogP contribution in [0.15, 0.2) is 0 Å². The van der Waals surface area contributed by atoms with Crippen molar-refractivity contribution >= 4 is 9.04 Å². The van der Waals surface area contributed by atoms with E-state index in [-0.39, 0.29) is 0 Å². The third-order valence-electron chi connectivity index (χ3n) is 1.31. The van der Waals surface area contributed by atoms with Crippen LogP contribution in [-0.4, -0.2) is 15.6 Å². The third-order valence-corrected chi connectivity index (χ3v) is 3.94. The van der Waals surface area contributed by atoms with Crippen LogP contribution in [0.2, 0.25) is 12.1 Å². The van der Waals surface area contributed by atoms with Gasteiger partial charge >= 0.3 is 0 Å². The largest absolute Gasteiger partial charge is 0.420 e. The van der Waals surface area contributed by atoms with Crippen LogP contribution in [0.3, 0.4) is 0 Å². The molecule has 0 aromatic rings. The molecule has 0 rings (SSSR count). The summed E-state index contributed by atoms with van der Waals surface area (Å²) in [6, 6.07) is 2.56. The van der Waals surface area contributed by atoms with Gasteiger partial charge in [-0.3, -0.25) is 0 Å². The van der Waals surface area contributed by atoms with E-state index in [0.717, 1.165) is 6.61 Å². The predicted molar refractivity (Wildman–Crippen MR) is 39.7 cm³/mol. The Balaban J connectivity index is 3.07. The minimum atomic E-state index is -0.692. The first-order valence-corrected chi connectivity index (χ1v) is 5.57. The smallest absolute Gasteiger partial charge is 0.176 e. The SMILES string of the molecule is CCO[SiH](CC)CC. The monoisotopic (exact) mass is 132 g/mol. The fourth-order valence-electron chi connectivity index (χ4n) is 0.760. The molecule has 0 N–H and O–H groups in total. The lowest BCUT2D eigenvalue weighted by molar-refractivity contribution is 0.343. The molecular weight excluding hydrogens is 116 g/mol. The van der Waals surface area contributed by atoms with Crippen LogP contribution in [0.5, 0.6) is 0 Å². The molecule has 0 saturated heterocycles. The Morgan fingerprint density at radius 2 is 1.62 bits per heavy atom. The fourth-order valence-corrected chi connectivity index (χ4v) is 2.28. The standard InChI is InChI=1S/C6H16OSi/c1-4-7-8(5-2)6-3/h8H,4-6H2,1-3H3. The van der Waals surface area contributed by atoms with Crippen molar-refractivity contribution in [1.29, 1.82) is 0 Å². The van der Waals surface area contributed by atoms with Gasteiger partial charge in [0.2, 0.25) is 0 Å². The lowest BCUT2D eigenvalue weighted by Crippen LogP contribution is -2.14. The molecule has 0 aliphatic carbocycles. The van der Waals surface area contributed by atoms with Crippen LogP contribution in [-0.2, 0) is 4.43 Å². The molecule has 0 aliphatic heterocycles. The summed E-state index contributed by atoms with van der Waals surface area (Å²) in [7, 11) is -0.692. The summed E-state index contributed by atoms with van der Waals surface area (Å²) < 4.78 is 5.48. The number of hydrogen-bond acceptors (Lipinski definition) is 1. The van der Waals surface area contributed by atoms with Crippen LogP contribution < -0.4 is 0 Å². The Labute approximate surface area is 53.8 Å². The molecule has 50 valence electrons. The average molecular weight is 132 g/mol. The first-order valence-electron chi connectivity index (χ1n) is 3.46. The molecular formula is C6H16OSi. The predicted octanol–water partition coefficient (Wildman–Crippen LogP) is 1.79. The Hall–Kier alpha value is 0.177. The van der Waals surface area contributed by atoms with E-state index >= 15 is 0 Å². The van der Waals surface area contributed by atoms with Crippen molar-refractivity contribution in [3.05, 3.63) is 0 Å². The normalized spacial score (nSPS) is 10.5. The first kappa shape index (κ1) is 8.18. The zero-order chi connectivity index (χ0) is 6.41. The van der Waals surface area contributed by atoms with Gasteiger partial charge < -0.3 is 4.43 Å². The van der Waals surface area contributed by atoms with E-state index in [0.29, 0.717) is 0 Å². The van der Waals surface area contributed by atoms with Gasteiger partial charge in [-0.05, 0) is 19.0 Å². The van der Waals surface area contributed by atoms with E-state index in [9.17, 15) is 0 Å². The molecule has 0 atom stereocenters. The molecule has 8 heavy (non-hydrogen) atoms. The molecule has 0 spiro atoms. The first-order chi connectivity index (χ1) is 3.85. The summed E-state index contributed by atoms with van der Waals surface area (Å²) in [5.41, 5.74) is 0. The zero-order valence-corrected chi connectivity index (χ0v) is 7.26. The minimum absolute atomic E-state index is 0.692. The summed E-state index contributed by atoms with van der Waals surface area (Å²) in [5.74, 6) is 0. The topological polar surface area (TPSA) is 9.23 Å². The van der Waals surface area contributed by atoms with Gasteiger partial charge in [0.25, 0.3) is 0 Å². The lowest BCUT2D eigenvalue weighted by atomic mass is 10.9. The highest BCUT2D eigenvalue weighted by Gasteiger charge is 2.02. The van der Waals surface area contributed by atoms with Gasteiger partial charge in [-0.15, -0.1) is 0 Å². The summed E-state index contributed by atoms with van der Waals surface area (Å²) in [6.07, 6.45) is 0. The van der Waals surface area contributed by atoms with Crippen molar-refractivity contribution < 1.29 is 4.43 Å². The summed E-state index contributed by atoms with van der Waals surface area (Å²) in [5, 5.41) is 0. The molecule has 0 radical (unpaired) electrons. The molecule has 0 saturated carbocycles. The summed E-state index contributed by atoms with van der Waals surface area (Å²) >= 11 is 0. The van der Waals surface area contributed by atoms with Crippen molar-refractivity contribution in [2.45, 2.75) is 32.9 Å². The van der Waals surface area contributed by atoms with Gasteiger partial charge in [0.15, 0.2) is 9.04 Å². The van der Waals surface area contributed by atoms with Crippen molar-refractivity contribution in [3.8, 4) is 0 Å². The Kier molecular flexibility index (Phi) is 5.43. The van der Waals surface area contributed by atoms with Crippen molar-refractivity contribution in [1.82, 2.24) is 0 Å². The second kappa shape index (κ2) is 5.32. The van der Waals surface area contributed by atoms with Crippen molar-refractivity contribution in [2.75, 3.05) is 6.61 Å². The van der Waals surface area contributed by atoms with Crippen LogP contribution in [0.4, 0.5) is 0 Å². The highest BCUT2D eigenvalue weighted by Crippen LogP contribution is 1.98. The van der Waals surface area contributed by atoms with Gasteiger partial charge in [0.05, 0.1) is 0 Å². The maximum absolute atomic E-state index is 5.48. The van der Waals surface area contributed by atoms with E-state index in [1.54, 1.807) is 0 Å². The van der Waals surface area contributed by atoms with Crippen LogP contribution >= 0.6 is 0 Å². The van der Waals surface area contributed by atoms with E-state index in [2.05, 4.69) is 20.8 Å². The van der Waals surface area contributed by atoms with Gasteiger partial charge in [0, 0.05) is 6.61 Å². The van der Waals surface area contributed by atoms with Gasteiger partial charge in [-0.2, -0.15) is 0 Å². The number of rotatable bonds is 4. The molecule has 0 bridgehead atoms. The van der Waals surface area contributed by atoms with Crippen LogP contribution in [0, 0.1) is 0 Å². The molecule has 0 aliphatic rings. The molecule has 0 fully saturated rings. The van der Waals surface area contributed by atoms with Gasteiger partial charge in [0.1, 0.15) is 0 Å². The molecule has 1 nitrogen and oxygen atoms in total. The molecule has 0 aromatic carbocycles. The third kappa shape index (κ3) is 3.21. The fraction of sp³-hybridized carbons (Fsp3) is 1.00. The molecule has 2 heteroatoms. The number of hydrogen-bond donors (Lipinski definition) is 0. The molecule has 0 aromatic heterocycles. The van der Waals surface area contributed by atoms with Crippen LogP contribution in [0.1, 0.15) is 20.8 Å². The quantitative estimate of drug-likeness (QED) is 0.530. The minimum Gasteiger partial charge on any atom is -0.420 e. The summed E-state index contributed by atoms with van der Waals surface area (Å²) in [4.78, 5) is 0. The van der Waals surface area contributed by atoms with Gasteiger partial charge in [-0.25, -0.2) is 0 Å². The summed E-state index contributed by atoms with van der Waals surface area (Å²) in [6.45, 7) is 7.43. The average Bonchev–Trinajstić information content (AvgIpc) is 1.83. The zero-order valence-electron chi connectivity index (χ0n) is 6.11. The van der Waals surface area contributed by atoms with E-state index in [1.165, 1.54) is 12.1 Å². The molecule has 0 amide bonds. The maximum Gasteiger partial charge on any atom is 0.176 e. The maximum atomic E-state index is 5.48. The Morgan fingerprint density at radius 1 is 1.12 bits per heavy atom.